The summed E-state index contributed by atoms with van der Waals surface area (Å²) in [6.45, 7) is 44.5. The van der Waals surface area contributed by atoms with E-state index in [0.717, 1.165) is 71.3 Å². The van der Waals surface area contributed by atoms with Gasteiger partial charge in [-0.15, -0.1) is 0 Å². The molecule has 8 aromatic rings. The van der Waals surface area contributed by atoms with Gasteiger partial charge in [0.15, 0.2) is 0 Å². The van der Waals surface area contributed by atoms with Gasteiger partial charge in [0.2, 0.25) is 0 Å². The number of nitrogens with zero attached hydrogens (tertiary/aromatic N) is 6. The molecule has 0 aromatic heterocycles. The summed E-state index contributed by atoms with van der Waals surface area (Å²) in [5, 5.41) is 2.00. The monoisotopic (exact) mass is 1590 g/mol. The second-order valence-electron chi connectivity index (χ2n) is 25.4. The van der Waals surface area contributed by atoms with E-state index in [1.165, 1.54) is 89.5 Å². The molecule has 0 bridgehead atoms. The standard InChI is InChI=1S/2C21H27N2.C18H19Cl2NO.C18H20ClNO.4ClH.2Ru/c2*1-14-9-16(3)20(17(4)10-14)22-7-8-23(13-22)21-18(5)11-15(2)12-19(21)6;1-12(2)22-18-8-6-16(20)10-14(18)11-21(4)17-7-5-15(19)9-13(17)3;1-13(2)21-18-8-6-5-7-15(18)12-20(4)17-10-9-16(19)11-14(17)3;;;;;;/h2*9-13H,7-8H2,1-6H3;3,5-10,12H,11H2,1-2,4H3;3,5-11,13H,12H2,1-2,4H3;4*1H;;/q2*-1;;;;;;;2*+2/p-4. The maximum atomic E-state index is 6.18. The summed E-state index contributed by atoms with van der Waals surface area (Å²) in [6.07, 6.45) is 0.222. The number of para-hydroxylation sites is 1. The molecule has 10 rings (SSSR count). The fourth-order valence-corrected chi connectivity index (χ4v) is 17.1. The number of hydrogen-bond donors (Lipinski definition) is 0. The van der Waals surface area contributed by atoms with Gasteiger partial charge in [-0.3, -0.25) is 0 Å². The van der Waals surface area contributed by atoms with Gasteiger partial charge in [0.1, 0.15) is 0 Å². The topological polar surface area (TPSA) is 37.9 Å². The van der Waals surface area contributed by atoms with Crippen molar-refractivity contribution >= 4 is 117 Å². The van der Waals surface area contributed by atoms with Crippen LogP contribution in [0.25, 0.3) is 0 Å². The average molecular weight is 1600 g/mol. The van der Waals surface area contributed by atoms with Gasteiger partial charge in [-0.05, 0) is 128 Å². The molecule has 0 radical (unpaired) electrons. The molecular weight excluding hydrogens is 1500 g/mol. The SMILES string of the molecule is CC(C)Oc1ccc(Cl)cc1CN(C)c1ccc(Cl)cc1[CH]=[Ru]([Cl])[Cl].CC(C)Oc1ccccc1CN(C)c1ccc(Cl)cc1[CH]=[Ru]([Cl])[Cl].Cc1cc(C)c(N2[CH-]N(c3c(C)cc(C)cc3C)CC2)c(C)c1.Cc1cc(C)c(N2[CH-]N(c3c(C)cc(C)cc3C)CC2)c(C)c1. The molecule has 0 amide bonds. The van der Waals surface area contributed by atoms with Crippen LogP contribution in [0, 0.1) is 96.4 Å². The number of aryl methyl sites for hydroxylation is 12. The van der Waals surface area contributed by atoms with E-state index < -0.39 is 27.0 Å². The zero-order valence-corrected chi connectivity index (χ0v) is 67.0. The van der Waals surface area contributed by atoms with E-state index in [-0.39, 0.29) is 12.2 Å². The van der Waals surface area contributed by atoms with Crippen molar-refractivity contribution in [1.82, 2.24) is 0 Å². The Kier molecular flexibility index (Phi) is 29.2. The first-order chi connectivity index (χ1) is 44.8. The summed E-state index contributed by atoms with van der Waals surface area (Å²) >= 11 is 14.5. The third kappa shape index (κ3) is 22.1. The molecule has 95 heavy (non-hydrogen) atoms. The van der Waals surface area contributed by atoms with Crippen molar-refractivity contribution in [2.24, 2.45) is 0 Å². The number of anilines is 6. The van der Waals surface area contributed by atoms with Gasteiger partial charge < -0.3 is 19.6 Å². The van der Waals surface area contributed by atoms with Crippen LogP contribution in [0.4, 0.5) is 34.1 Å². The smallest absolute Gasteiger partial charge is 0.0146 e. The fourth-order valence-electron chi connectivity index (χ4n) is 13.0. The van der Waals surface area contributed by atoms with Crippen molar-refractivity contribution in [1.29, 1.82) is 0 Å². The molecule has 17 heteroatoms. The molecule has 0 spiro atoms. The van der Waals surface area contributed by atoms with E-state index in [1.807, 2.05) is 124 Å². The molecule has 2 aliphatic heterocycles. The van der Waals surface area contributed by atoms with Crippen LogP contribution < -0.4 is 38.9 Å². The Morgan fingerprint density at radius 2 is 0.684 bits per heavy atom. The molecule has 8 nitrogen and oxygen atoms in total. The zero-order chi connectivity index (χ0) is 69.7. The Balaban J connectivity index is 0.000000179. The Bertz CT molecular complexity index is 3690. The summed E-state index contributed by atoms with van der Waals surface area (Å²) in [5.74, 6) is 1.73. The molecule has 0 atom stereocenters. The van der Waals surface area contributed by atoms with E-state index in [4.69, 9.17) is 83.0 Å². The Morgan fingerprint density at radius 1 is 0.400 bits per heavy atom. The Labute approximate surface area is 609 Å². The van der Waals surface area contributed by atoms with Crippen molar-refractivity contribution in [3.05, 3.63) is 245 Å². The molecule has 0 N–H and O–H groups in total. The predicted octanol–water partition coefficient (Wildman–Crippen LogP) is 22.3. The second kappa shape index (κ2) is 35.8. The van der Waals surface area contributed by atoms with Crippen molar-refractivity contribution in [2.45, 2.75) is 136 Å². The number of benzene rings is 8. The zero-order valence-electron chi connectivity index (χ0n) is 58.2. The summed E-state index contributed by atoms with van der Waals surface area (Å²) in [6, 6.07) is 43.4. The summed E-state index contributed by atoms with van der Waals surface area (Å²) in [7, 11) is 28.3. The Hall–Kier alpha value is -4.82. The summed E-state index contributed by atoms with van der Waals surface area (Å²) < 4.78 is 15.6. The van der Waals surface area contributed by atoms with Crippen LogP contribution in [-0.4, -0.2) is 61.7 Å². The van der Waals surface area contributed by atoms with Gasteiger partial charge in [-0.25, -0.2) is 0 Å². The molecular formula is C78H93Cl7N6O2Ru2-2. The van der Waals surface area contributed by atoms with Gasteiger partial charge in [-0.1, -0.05) is 70.8 Å². The van der Waals surface area contributed by atoms with Crippen molar-refractivity contribution in [3.63, 3.8) is 0 Å². The second-order valence-corrected chi connectivity index (χ2v) is 38.2. The van der Waals surface area contributed by atoms with Crippen molar-refractivity contribution in [2.75, 3.05) is 69.7 Å². The number of rotatable bonds is 16. The Morgan fingerprint density at radius 3 is 1.00 bits per heavy atom. The minimum Gasteiger partial charge on any atom is -0.502 e. The normalized spacial score (nSPS) is 13.0. The van der Waals surface area contributed by atoms with Gasteiger partial charge in [0.05, 0.1) is 0 Å². The van der Waals surface area contributed by atoms with E-state index in [9.17, 15) is 0 Å². The molecule has 0 unspecified atom stereocenters. The van der Waals surface area contributed by atoms with E-state index >= 15 is 0 Å². The first-order valence-electron chi connectivity index (χ1n) is 31.8. The van der Waals surface area contributed by atoms with Crippen molar-refractivity contribution in [3.8, 4) is 11.5 Å². The third-order valence-electron chi connectivity index (χ3n) is 16.1. The minimum atomic E-state index is -1.96. The van der Waals surface area contributed by atoms with E-state index in [2.05, 4.69) is 180 Å². The fraction of sp³-hybridized carbons (Fsp3) is 0.333. The van der Waals surface area contributed by atoms with E-state index in [0.29, 0.717) is 28.2 Å². The van der Waals surface area contributed by atoms with Gasteiger partial charge in [0, 0.05) is 48.9 Å². The maximum Gasteiger partial charge on any atom is 0.0146 e. The largest absolute Gasteiger partial charge is 0.502 e. The third-order valence-corrected chi connectivity index (χ3v) is 20.5. The molecule has 2 aliphatic rings. The number of halogens is 7. The minimum absolute atomic E-state index is 0.0871. The predicted molar refractivity (Wildman–Crippen MR) is 411 cm³/mol. The summed E-state index contributed by atoms with van der Waals surface area (Å²) in [5.41, 5.74) is 27.8. The molecule has 0 aliphatic carbocycles. The molecule has 2 fully saturated rings. The van der Waals surface area contributed by atoms with Crippen molar-refractivity contribution < 1.29 is 36.5 Å². The van der Waals surface area contributed by atoms with Gasteiger partial charge >= 0.3 is 335 Å². The number of ether oxygens (including phenoxy) is 2. The van der Waals surface area contributed by atoms with E-state index in [1.54, 1.807) is 0 Å². The van der Waals surface area contributed by atoms with Crippen LogP contribution in [-0.2, 0) is 40.1 Å². The van der Waals surface area contributed by atoms with Crippen LogP contribution in [0.15, 0.2) is 127 Å². The molecule has 0 saturated carbocycles. The van der Waals surface area contributed by atoms with Gasteiger partial charge in [-0.2, -0.15) is 13.3 Å². The van der Waals surface area contributed by atoms with Crippen LogP contribution in [0.5, 0.6) is 11.5 Å². The first-order valence-corrected chi connectivity index (χ1v) is 43.9. The number of hydrogen-bond acceptors (Lipinski definition) is 8. The van der Waals surface area contributed by atoms with Crippen LogP contribution in [0.2, 0.25) is 15.1 Å². The maximum absolute atomic E-state index is 6.18. The molecule has 2 heterocycles. The van der Waals surface area contributed by atoms with Crippen LogP contribution in [0.1, 0.15) is 117 Å². The summed E-state index contributed by atoms with van der Waals surface area (Å²) in [4.78, 5) is 13.9. The van der Waals surface area contributed by atoms with Crippen LogP contribution >= 0.6 is 73.6 Å². The quantitative estimate of drug-likeness (QED) is 0.0700. The molecule has 2 saturated heterocycles. The average Bonchev–Trinajstić information content (AvgIpc) is 1.71. The van der Waals surface area contributed by atoms with Crippen LogP contribution in [0.3, 0.4) is 0 Å². The van der Waals surface area contributed by atoms with Gasteiger partial charge in [0.25, 0.3) is 0 Å². The molecule has 8 aromatic carbocycles. The molecule has 514 valence electrons. The first kappa shape index (κ1) is 77.5.